The van der Waals surface area contributed by atoms with E-state index in [0.717, 1.165) is 0 Å². The average Bonchev–Trinajstić information content (AvgIpc) is 2.35. The maximum absolute atomic E-state index is 11.3. The molecule has 0 radical (unpaired) electrons. The largest absolute Gasteiger partial charge is 0.460 e. The molecule has 0 spiro atoms. The van der Waals surface area contributed by atoms with Gasteiger partial charge in [-0.15, -0.1) is 0 Å². The Labute approximate surface area is 104 Å². The molecular formula is C10H10O7S. The molecule has 98 valence electrons. The molecule has 0 unspecified atom stereocenters. The van der Waals surface area contributed by atoms with Gasteiger partial charge in [0, 0.05) is 0 Å². The number of thiol groups is 1. The van der Waals surface area contributed by atoms with Gasteiger partial charge in [0.1, 0.15) is 6.61 Å². The van der Waals surface area contributed by atoms with Crippen molar-refractivity contribution in [2.45, 2.75) is 0 Å². The number of hydrogen-bond donors (Lipinski definition) is 2. The van der Waals surface area contributed by atoms with Gasteiger partial charge in [0.2, 0.25) is 0 Å². The fraction of sp³-hybridized carbons (Fsp3) is 0.200. The van der Waals surface area contributed by atoms with Crippen LogP contribution in [0.3, 0.4) is 0 Å². The summed E-state index contributed by atoms with van der Waals surface area (Å²) in [5.74, 6) is -1.68. The number of benzene rings is 1. The zero-order chi connectivity index (χ0) is 13.5. The van der Waals surface area contributed by atoms with Crippen LogP contribution >= 0.6 is 0 Å². The highest BCUT2D eigenvalue weighted by Gasteiger charge is 2.11. The van der Waals surface area contributed by atoms with E-state index in [0.29, 0.717) is 0 Å². The minimum Gasteiger partial charge on any atom is -0.460 e. The van der Waals surface area contributed by atoms with Crippen molar-refractivity contribution < 1.29 is 32.0 Å². The van der Waals surface area contributed by atoms with Crippen molar-refractivity contribution in [3.05, 3.63) is 35.4 Å². The Bertz CT molecular complexity index is 495. The van der Waals surface area contributed by atoms with Crippen LogP contribution in [0.1, 0.15) is 20.7 Å². The summed E-state index contributed by atoms with van der Waals surface area (Å²) in [6.45, 7) is -0.411. The number of esters is 1. The first-order valence-corrected chi connectivity index (χ1v) is 5.89. The molecule has 0 heterocycles. The van der Waals surface area contributed by atoms with Gasteiger partial charge in [-0.25, -0.2) is 9.59 Å². The molecule has 0 aliphatic rings. The van der Waals surface area contributed by atoms with E-state index in [4.69, 9.17) is 5.11 Å². The molecule has 0 aromatic heterocycles. The number of carbonyl (C=O) groups excluding carboxylic acids is 2. The van der Waals surface area contributed by atoms with E-state index >= 15 is 0 Å². The van der Waals surface area contributed by atoms with Crippen molar-refractivity contribution in [3.63, 3.8) is 0 Å². The average molecular weight is 274 g/mol. The third kappa shape index (κ3) is 4.15. The van der Waals surface area contributed by atoms with Gasteiger partial charge >= 0.3 is 22.9 Å². The Morgan fingerprint density at radius 3 is 2.00 bits per heavy atom. The number of ether oxygens (including phenoxy) is 1. The highest BCUT2D eigenvalue weighted by atomic mass is 32.2. The molecule has 1 N–H and O–H groups in total. The van der Waals surface area contributed by atoms with Crippen molar-refractivity contribution in [2.24, 2.45) is 0 Å². The Balaban J connectivity index is 2.73. The van der Waals surface area contributed by atoms with Gasteiger partial charge in [-0.2, -0.15) is 8.42 Å². The lowest BCUT2D eigenvalue weighted by Gasteiger charge is -2.03. The maximum Gasteiger partial charge on any atom is 0.353 e. The van der Waals surface area contributed by atoms with Gasteiger partial charge < -0.3 is 14.0 Å². The molecule has 0 fully saturated rings. The summed E-state index contributed by atoms with van der Waals surface area (Å²) in [7, 11) is -3.26. The molecule has 0 saturated heterocycles. The molecule has 0 aliphatic carbocycles. The van der Waals surface area contributed by atoms with Crippen LogP contribution in [0, 0.1) is 0 Å². The van der Waals surface area contributed by atoms with Gasteiger partial charge in [0.05, 0.1) is 17.7 Å². The van der Waals surface area contributed by atoms with Crippen LogP contribution < -0.4 is 0 Å². The lowest BCUT2D eigenvalue weighted by molar-refractivity contribution is 0.0433. The Hall–Kier alpha value is -1.93. The third-order valence-corrected chi connectivity index (χ3v) is 2.15. The van der Waals surface area contributed by atoms with Crippen molar-refractivity contribution in [3.8, 4) is 0 Å². The Morgan fingerprint density at radius 1 is 1.06 bits per heavy atom. The Morgan fingerprint density at radius 2 is 1.56 bits per heavy atom. The zero-order valence-electron chi connectivity index (χ0n) is 9.07. The minimum atomic E-state index is -3.26. The molecule has 0 amide bonds. The summed E-state index contributed by atoms with van der Waals surface area (Å²) >= 11 is 0. The molecule has 18 heavy (non-hydrogen) atoms. The molecule has 0 aliphatic heterocycles. The van der Waals surface area contributed by atoms with E-state index in [2.05, 4.69) is 8.92 Å². The standard InChI is InChI=1S/C10H10O7S/c11-5-6-16-9(12)7-1-3-8(4-2-7)10(13)17-18(14)15/h1-4,11,18H,5-6H2. The van der Waals surface area contributed by atoms with Crippen molar-refractivity contribution in [2.75, 3.05) is 13.2 Å². The second kappa shape index (κ2) is 6.72. The van der Waals surface area contributed by atoms with Gasteiger partial charge in [-0.05, 0) is 24.3 Å². The molecule has 1 aromatic carbocycles. The monoisotopic (exact) mass is 274 g/mol. The summed E-state index contributed by atoms with van der Waals surface area (Å²) < 4.78 is 29.0. The van der Waals surface area contributed by atoms with E-state index in [1.807, 2.05) is 0 Å². The van der Waals surface area contributed by atoms with E-state index in [1.54, 1.807) is 0 Å². The second-order valence-corrected chi connectivity index (χ2v) is 3.67. The van der Waals surface area contributed by atoms with Gasteiger partial charge in [0.15, 0.2) is 0 Å². The summed E-state index contributed by atoms with van der Waals surface area (Å²) in [6.07, 6.45) is 0. The quantitative estimate of drug-likeness (QED) is 0.551. The van der Waals surface area contributed by atoms with Crippen LogP contribution in [0.5, 0.6) is 0 Å². The van der Waals surface area contributed by atoms with Crippen LogP contribution in [-0.4, -0.2) is 38.7 Å². The lowest BCUT2D eigenvalue weighted by atomic mass is 10.1. The first-order chi connectivity index (χ1) is 8.54. The molecule has 7 nitrogen and oxygen atoms in total. The predicted octanol–water partition coefficient (Wildman–Crippen LogP) is -0.481. The number of hydrogen-bond acceptors (Lipinski definition) is 7. The van der Waals surface area contributed by atoms with Crippen LogP contribution in [-0.2, 0) is 19.9 Å². The minimum absolute atomic E-state index is 0.00657. The van der Waals surface area contributed by atoms with Crippen LogP contribution in [0.4, 0.5) is 0 Å². The first-order valence-electron chi connectivity index (χ1n) is 4.79. The topological polar surface area (TPSA) is 107 Å². The normalized spacial score (nSPS) is 10.1. The highest BCUT2D eigenvalue weighted by Crippen LogP contribution is 2.07. The van der Waals surface area contributed by atoms with Gasteiger partial charge in [-0.3, -0.25) is 0 Å². The lowest BCUT2D eigenvalue weighted by Crippen LogP contribution is -2.09. The van der Waals surface area contributed by atoms with Crippen LogP contribution in [0.25, 0.3) is 0 Å². The van der Waals surface area contributed by atoms with E-state index in [1.165, 1.54) is 24.3 Å². The zero-order valence-corrected chi connectivity index (χ0v) is 9.96. The summed E-state index contributed by atoms with van der Waals surface area (Å²) in [5.41, 5.74) is 0.166. The Kier molecular flexibility index (Phi) is 5.28. The van der Waals surface area contributed by atoms with E-state index in [9.17, 15) is 18.0 Å². The molecule has 1 aromatic rings. The fourth-order valence-corrected chi connectivity index (χ4v) is 1.33. The summed E-state index contributed by atoms with van der Waals surface area (Å²) in [4.78, 5) is 22.5. The molecule has 1 rings (SSSR count). The molecule has 0 atom stereocenters. The predicted molar refractivity (Wildman–Crippen MR) is 59.5 cm³/mol. The van der Waals surface area contributed by atoms with Crippen molar-refractivity contribution in [1.29, 1.82) is 0 Å². The van der Waals surface area contributed by atoms with Gasteiger partial charge in [-0.1, -0.05) is 0 Å². The van der Waals surface area contributed by atoms with E-state index in [-0.39, 0.29) is 24.3 Å². The van der Waals surface area contributed by atoms with Crippen molar-refractivity contribution >= 4 is 22.9 Å². The fourth-order valence-electron chi connectivity index (χ4n) is 1.08. The highest BCUT2D eigenvalue weighted by molar-refractivity contribution is 7.67. The SMILES string of the molecule is O=C(OCCO)c1ccc(C(=O)O[SH](=O)=O)cc1. The maximum atomic E-state index is 11.3. The van der Waals surface area contributed by atoms with Gasteiger partial charge in [0.25, 0.3) is 0 Å². The van der Waals surface area contributed by atoms with Crippen LogP contribution in [0.2, 0.25) is 0 Å². The molecule has 0 bridgehead atoms. The molecular weight excluding hydrogens is 264 g/mol. The third-order valence-electron chi connectivity index (χ3n) is 1.84. The smallest absolute Gasteiger partial charge is 0.353 e. The number of aliphatic hydroxyl groups is 1. The second-order valence-electron chi connectivity index (χ2n) is 3.04. The first kappa shape index (κ1) is 14.1. The van der Waals surface area contributed by atoms with Crippen molar-refractivity contribution in [1.82, 2.24) is 0 Å². The number of aliphatic hydroxyl groups excluding tert-OH is 1. The van der Waals surface area contributed by atoms with Crippen LogP contribution in [0.15, 0.2) is 24.3 Å². The summed E-state index contributed by atoms with van der Waals surface area (Å²) in [5, 5.41) is 8.47. The number of carbonyl (C=O) groups is 2. The molecule has 0 saturated carbocycles. The number of rotatable bonds is 5. The molecule has 8 heteroatoms. The summed E-state index contributed by atoms with van der Waals surface area (Å²) in [6, 6.07) is 5.04. The van der Waals surface area contributed by atoms with E-state index < -0.39 is 22.9 Å².